The molecule has 1 N–H and O–H groups in total. The van der Waals surface area contributed by atoms with Gasteiger partial charge in [-0.1, -0.05) is 23.3 Å². The van der Waals surface area contributed by atoms with Crippen LogP contribution < -0.4 is 5.32 Å². The first-order valence-electron chi connectivity index (χ1n) is 5.59. The number of aromatic nitrogens is 1. The second kappa shape index (κ2) is 5.66. The summed E-state index contributed by atoms with van der Waals surface area (Å²) >= 11 is 0. The lowest BCUT2D eigenvalue weighted by atomic mass is 10.2. The number of benzene rings is 1. The average Bonchev–Trinajstić information content (AvgIpc) is 2.40. The number of nitrogens with one attached hydrogen (secondary N) is 1. The molecule has 0 aliphatic heterocycles. The highest BCUT2D eigenvalue weighted by Gasteiger charge is 2.06. The summed E-state index contributed by atoms with van der Waals surface area (Å²) in [5.41, 5.74) is 10.1. The number of amides is 1. The number of aryl methyl sites for hydroxylation is 1. The van der Waals surface area contributed by atoms with Crippen LogP contribution in [0.1, 0.15) is 16.1 Å². The number of rotatable bonds is 3. The van der Waals surface area contributed by atoms with E-state index in [1.807, 2.05) is 19.1 Å². The lowest BCUT2D eigenvalue weighted by molar-refractivity contribution is 0.102. The average molecular weight is 253 g/mol. The van der Waals surface area contributed by atoms with Crippen LogP contribution in [0.15, 0.2) is 47.6 Å². The van der Waals surface area contributed by atoms with E-state index in [0.717, 1.165) is 5.69 Å². The normalized spacial score (nSPS) is 9.53. The molecule has 0 saturated carbocycles. The Hall–Kier alpha value is -2.85. The van der Waals surface area contributed by atoms with Crippen molar-refractivity contribution in [3.05, 3.63) is 64.2 Å². The summed E-state index contributed by atoms with van der Waals surface area (Å²) in [5, 5.41) is 6.14. The second-order valence-electron chi connectivity index (χ2n) is 3.85. The number of carbonyl (C=O) groups is 1. The van der Waals surface area contributed by atoms with Gasteiger partial charge in [-0.3, -0.25) is 4.79 Å². The molecule has 0 aliphatic carbocycles. The Bertz CT molecular complexity index is 644. The summed E-state index contributed by atoms with van der Waals surface area (Å²) < 4.78 is 0. The van der Waals surface area contributed by atoms with Gasteiger partial charge in [0.25, 0.3) is 5.91 Å². The van der Waals surface area contributed by atoms with E-state index in [4.69, 9.17) is 5.53 Å². The zero-order chi connectivity index (χ0) is 13.7. The van der Waals surface area contributed by atoms with Crippen molar-refractivity contribution in [3.8, 4) is 0 Å². The van der Waals surface area contributed by atoms with E-state index in [9.17, 15) is 4.79 Å². The van der Waals surface area contributed by atoms with E-state index >= 15 is 0 Å². The van der Waals surface area contributed by atoms with E-state index in [-0.39, 0.29) is 5.91 Å². The Balaban J connectivity index is 2.13. The molecule has 0 saturated heterocycles. The van der Waals surface area contributed by atoms with Crippen LogP contribution >= 0.6 is 0 Å². The predicted octanol–water partition coefficient (Wildman–Crippen LogP) is 3.58. The Morgan fingerprint density at radius 2 is 2.00 bits per heavy atom. The summed E-state index contributed by atoms with van der Waals surface area (Å²) in [5.74, 6) is 0.245. The molecule has 2 aromatic rings. The molecule has 0 atom stereocenters. The maximum Gasteiger partial charge on any atom is 0.256 e. The minimum Gasteiger partial charge on any atom is -0.307 e. The summed E-state index contributed by atoms with van der Waals surface area (Å²) in [6.07, 6.45) is 0. The Morgan fingerprint density at radius 3 is 2.63 bits per heavy atom. The van der Waals surface area contributed by atoms with Crippen LogP contribution in [0.3, 0.4) is 0 Å². The number of pyridine rings is 1. The molecular weight excluding hydrogens is 242 g/mol. The molecule has 1 heterocycles. The number of azide groups is 1. The Kier molecular flexibility index (Phi) is 3.75. The van der Waals surface area contributed by atoms with E-state index in [2.05, 4.69) is 20.3 Å². The Morgan fingerprint density at radius 1 is 1.26 bits per heavy atom. The van der Waals surface area contributed by atoms with Crippen molar-refractivity contribution in [1.82, 2.24) is 4.98 Å². The van der Waals surface area contributed by atoms with Gasteiger partial charge in [0.1, 0.15) is 5.82 Å². The molecule has 0 bridgehead atoms. The molecule has 0 radical (unpaired) electrons. The first kappa shape index (κ1) is 12.6. The largest absolute Gasteiger partial charge is 0.307 e. The lowest BCUT2D eigenvalue weighted by Crippen LogP contribution is -2.12. The molecule has 0 fully saturated rings. The van der Waals surface area contributed by atoms with E-state index in [1.54, 1.807) is 30.3 Å². The van der Waals surface area contributed by atoms with Crippen LogP contribution in [0, 0.1) is 6.92 Å². The van der Waals surface area contributed by atoms with Crippen molar-refractivity contribution in [1.29, 1.82) is 0 Å². The molecule has 0 aliphatic rings. The zero-order valence-electron chi connectivity index (χ0n) is 10.2. The van der Waals surface area contributed by atoms with Crippen LogP contribution in [-0.4, -0.2) is 10.9 Å². The molecule has 6 nitrogen and oxygen atoms in total. The molecule has 2 rings (SSSR count). The van der Waals surface area contributed by atoms with Crippen molar-refractivity contribution in [3.63, 3.8) is 0 Å². The van der Waals surface area contributed by atoms with E-state index < -0.39 is 0 Å². The summed E-state index contributed by atoms with van der Waals surface area (Å²) in [6.45, 7) is 1.85. The SMILES string of the molecule is Cc1cccc(NC(=O)c2ccc(N=[N+]=[N-])cc2)n1. The molecule has 6 heteroatoms. The van der Waals surface area contributed by atoms with Gasteiger partial charge in [-0.25, -0.2) is 4.98 Å². The minimum atomic E-state index is -0.259. The molecule has 0 unspecified atom stereocenters. The van der Waals surface area contributed by atoms with Crippen LogP contribution in [0.4, 0.5) is 11.5 Å². The zero-order valence-corrected chi connectivity index (χ0v) is 10.2. The van der Waals surface area contributed by atoms with Gasteiger partial charge in [0.05, 0.1) is 0 Å². The van der Waals surface area contributed by atoms with Gasteiger partial charge < -0.3 is 5.32 Å². The lowest BCUT2D eigenvalue weighted by Gasteiger charge is -2.05. The maximum atomic E-state index is 11.9. The van der Waals surface area contributed by atoms with Gasteiger partial charge in [-0.15, -0.1) is 0 Å². The van der Waals surface area contributed by atoms with Crippen molar-refractivity contribution in [2.24, 2.45) is 5.11 Å². The second-order valence-corrected chi connectivity index (χ2v) is 3.85. The van der Waals surface area contributed by atoms with Gasteiger partial charge in [0.15, 0.2) is 0 Å². The fourth-order valence-electron chi connectivity index (χ4n) is 1.53. The highest BCUT2D eigenvalue weighted by Crippen LogP contribution is 2.14. The molecule has 1 aromatic heterocycles. The third-order valence-electron chi connectivity index (χ3n) is 2.42. The first-order chi connectivity index (χ1) is 9.19. The van der Waals surface area contributed by atoms with Gasteiger partial charge in [0, 0.05) is 21.9 Å². The molecule has 19 heavy (non-hydrogen) atoms. The van der Waals surface area contributed by atoms with E-state index in [1.165, 1.54) is 0 Å². The van der Waals surface area contributed by atoms with Crippen LogP contribution in [0.2, 0.25) is 0 Å². The third-order valence-corrected chi connectivity index (χ3v) is 2.42. The van der Waals surface area contributed by atoms with Crippen molar-refractivity contribution in [2.75, 3.05) is 5.32 Å². The topological polar surface area (TPSA) is 90.8 Å². The Labute approximate surface area is 109 Å². The summed E-state index contributed by atoms with van der Waals surface area (Å²) in [6, 6.07) is 11.7. The molecular formula is C13H11N5O. The van der Waals surface area contributed by atoms with Crippen LogP contribution in [0.25, 0.3) is 10.4 Å². The highest BCUT2D eigenvalue weighted by molar-refractivity contribution is 6.03. The number of hydrogen-bond acceptors (Lipinski definition) is 3. The monoisotopic (exact) mass is 253 g/mol. The summed E-state index contributed by atoms with van der Waals surface area (Å²) in [4.78, 5) is 18.8. The van der Waals surface area contributed by atoms with Gasteiger partial charge in [-0.05, 0) is 36.7 Å². The minimum absolute atomic E-state index is 0.259. The maximum absolute atomic E-state index is 11.9. The number of anilines is 1. The van der Waals surface area contributed by atoms with Crippen LogP contribution in [0.5, 0.6) is 0 Å². The number of nitrogens with zero attached hydrogens (tertiary/aromatic N) is 4. The molecule has 1 aromatic carbocycles. The number of carbonyl (C=O) groups excluding carboxylic acids is 1. The summed E-state index contributed by atoms with van der Waals surface area (Å²) in [7, 11) is 0. The molecule has 0 spiro atoms. The van der Waals surface area contributed by atoms with E-state index in [0.29, 0.717) is 17.1 Å². The third kappa shape index (κ3) is 3.31. The van der Waals surface area contributed by atoms with Gasteiger partial charge in [0.2, 0.25) is 0 Å². The van der Waals surface area contributed by atoms with Crippen LogP contribution in [-0.2, 0) is 0 Å². The predicted molar refractivity (Wildman–Crippen MR) is 72.2 cm³/mol. The number of hydrogen-bond donors (Lipinski definition) is 1. The molecule has 1 amide bonds. The standard InChI is InChI=1S/C13H11N5O/c1-9-3-2-4-12(15-9)16-13(19)10-5-7-11(8-6-10)17-18-14/h2-8H,1H3,(H,15,16,19). The quantitative estimate of drug-likeness (QED) is 0.514. The molecule has 94 valence electrons. The van der Waals surface area contributed by atoms with Crippen molar-refractivity contribution < 1.29 is 4.79 Å². The van der Waals surface area contributed by atoms with Crippen molar-refractivity contribution >= 4 is 17.4 Å². The highest BCUT2D eigenvalue weighted by atomic mass is 16.1. The fourth-order valence-corrected chi connectivity index (χ4v) is 1.53. The van der Waals surface area contributed by atoms with Gasteiger partial charge in [-0.2, -0.15) is 0 Å². The first-order valence-corrected chi connectivity index (χ1v) is 5.59. The smallest absolute Gasteiger partial charge is 0.256 e. The fraction of sp³-hybridized carbons (Fsp3) is 0.0769. The van der Waals surface area contributed by atoms with Crippen molar-refractivity contribution in [2.45, 2.75) is 6.92 Å². The van der Waals surface area contributed by atoms with Gasteiger partial charge >= 0.3 is 0 Å².